The molecule has 20 heavy (non-hydrogen) atoms. The third-order valence-corrected chi connectivity index (χ3v) is 3.49. The first-order valence-electron chi connectivity index (χ1n) is 6.71. The number of nitrogens with two attached hydrogens (primary N) is 1. The van der Waals surface area contributed by atoms with Crippen LogP contribution in [0.15, 0.2) is 42.6 Å². The zero-order valence-electron chi connectivity index (χ0n) is 11.9. The van der Waals surface area contributed by atoms with Crippen molar-refractivity contribution in [1.29, 1.82) is 0 Å². The fourth-order valence-electron chi connectivity index (χ4n) is 2.10. The lowest BCUT2D eigenvalue weighted by Gasteiger charge is -2.19. The van der Waals surface area contributed by atoms with Gasteiger partial charge in [-0.05, 0) is 36.6 Å². The molecule has 0 amide bonds. The van der Waals surface area contributed by atoms with Crippen molar-refractivity contribution in [3.05, 3.63) is 58.7 Å². The first-order valence-corrected chi connectivity index (χ1v) is 7.09. The molecule has 0 aliphatic heterocycles. The van der Waals surface area contributed by atoms with E-state index in [1.54, 1.807) is 0 Å². The Hall–Kier alpha value is -1.58. The van der Waals surface area contributed by atoms with Gasteiger partial charge < -0.3 is 10.6 Å². The van der Waals surface area contributed by atoms with E-state index in [1.807, 2.05) is 50.5 Å². The molecule has 2 N–H and O–H groups in total. The second-order valence-electron chi connectivity index (χ2n) is 5.15. The number of nitrogens with zero attached hydrogens (tertiary/aromatic N) is 2. The second-order valence-corrected chi connectivity index (χ2v) is 5.56. The fraction of sp³-hybridized carbons (Fsp3) is 0.312. The van der Waals surface area contributed by atoms with Gasteiger partial charge in [0.15, 0.2) is 0 Å². The van der Waals surface area contributed by atoms with Gasteiger partial charge in [0.2, 0.25) is 0 Å². The van der Waals surface area contributed by atoms with Crippen molar-refractivity contribution in [2.45, 2.75) is 25.9 Å². The maximum atomic E-state index is 6.18. The molecule has 4 heteroatoms. The Morgan fingerprint density at radius 3 is 2.60 bits per heavy atom. The van der Waals surface area contributed by atoms with E-state index in [9.17, 15) is 0 Å². The molecule has 106 valence electrons. The molecule has 1 atom stereocenters. The summed E-state index contributed by atoms with van der Waals surface area (Å²) in [6, 6.07) is 12.1. The van der Waals surface area contributed by atoms with Crippen LogP contribution in [0.25, 0.3) is 0 Å². The molecular formula is C16H20ClN3. The highest BCUT2D eigenvalue weighted by Crippen LogP contribution is 2.19. The summed E-state index contributed by atoms with van der Waals surface area (Å²) in [4.78, 5) is 6.57. The highest BCUT2D eigenvalue weighted by Gasteiger charge is 2.06. The highest BCUT2D eigenvalue weighted by atomic mass is 35.5. The van der Waals surface area contributed by atoms with Crippen molar-refractivity contribution in [3.8, 4) is 0 Å². The summed E-state index contributed by atoms with van der Waals surface area (Å²) < 4.78 is 0. The van der Waals surface area contributed by atoms with Crippen LogP contribution in [0.4, 0.5) is 5.82 Å². The van der Waals surface area contributed by atoms with Gasteiger partial charge in [-0.25, -0.2) is 4.98 Å². The molecule has 0 aliphatic carbocycles. The molecule has 0 spiro atoms. The van der Waals surface area contributed by atoms with E-state index in [0.717, 1.165) is 34.9 Å². The molecule has 0 aliphatic rings. The summed E-state index contributed by atoms with van der Waals surface area (Å²) >= 11 is 6.18. The third-order valence-electron chi connectivity index (χ3n) is 3.12. The van der Waals surface area contributed by atoms with E-state index < -0.39 is 0 Å². The standard InChI is InChI=1S/C16H20ClN3/c1-12(18)9-13-7-8-16(19-10-13)20(2)11-14-5-3-4-6-15(14)17/h3-8,10,12H,9,11,18H2,1-2H3. The smallest absolute Gasteiger partial charge is 0.128 e. The first kappa shape index (κ1) is 14.8. The van der Waals surface area contributed by atoms with E-state index >= 15 is 0 Å². The quantitative estimate of drug-likeness (QED) is 0.919. The zero-order valence-corrected chi connectivity index (χ0v) is 12.6. The monoisotopic (exact) mass is 289 g/mol. The summed E-state index contributed by atoms with van der Waals surface area (Å²) in [6.07, 6.45) is 2.74. The Balaban J connectivity index is 2.06. The predicted molar refractivity (Wildman–Crippen MR) is 85.1 cm³/mol. The summed E-state index contributed by atoms with van der Waals surface area (Å²) in [5, 5.41) is 0.785. The number of aromatic nitrogens is 1. The maximum absolute atomic E-state index is 6.18. The number of hydrogen-bond donors (Lipinski definition) is 1. The number of anilines is 1. The molecule has 0 bridgehead atoms. The number of pyridine rings is 1. The van der Waals surface area contributed by atoms with Crippen LogP contribution in [-0.2, 0) is 13.0 Å². The van der Waals surface area contributed by atoms with E-state index in [4.69, 9.17) is 17.3 Å². The van der Waals surface area contributed by atoms with Gasteiger partial charge in [-0.3, -0.25) is 0 Å². The number of rotatable bonds is 5. The van der Waals surface area contributed by atoms with E-state index in [2.05, 4.69) is 16.0 Å². The maximum Gasteiger partial charge on any atom is 0.128 e. The Morgan fingerprint density at radius 2 is 2.00 bits per heavy atom. The minimum Gasteiger partial charge on any atom is -0.355 e. The summed E-state index contributed by atoms with van der Waals surface area (Å²) in [6.45, 7) is 2.73. The van der Waals surface area contributed by atoms with Crippen LogP contribution in [0.2, 0.25) is 5.02 Å². The van der Waals surface area contributed by atoms with Crippen molar-refractivity contribution < 1.29 is 0 Å². The fourth-order valence-corrected chi connectivity index (χ4v) is 2.29. The van der Waals surface area contributed by atoms with Gasteiger partial charge in [-0.2, -0.15) is 0 Å². The van der Waals surface area contributed by atoms with Crippen LogP contribution in [-0.4, -0.2) is 18.1 Å². The van der Waals surface area contributed by atoms with Crippen LogP contribution >= 0.6 is 11.6 Å². The summed E-state index contributed by atoms with van der Waals surface area (Å²) in [5.74, 6) is 0.929. The van der Waals surface area contributed by atoms with E-state index in [1.165, 1.54) is 0 Å². The molecule has 2 rings (SSSR count). The normalized spacial score (nSPS) is 12.2. The number of benzene rings is 1. The van der Waals surface area contributed by atoms with Crippen LogP contribution < -0.4 is 10.6 Å². The first-order chi connectivity index (χ1) is 9.56. The Kier molecular flexibility index (Phi) is 4.99. The van der Waals surface area contributed by atoms with Crippen molar-refractivity contribution in [3.63, 3.8) is 0 Å². The van der Waals surface area contributed by atoms with Gasteiger partial charge in [0.25, 0.3) is 0 Å². The lowest BCUT2D eigenvalue weighted by Crippen LogP contribution is -2.19. The molecule has 2 aromatic rings. The Morgan fingerprint density at radius 1 is 1.25 bits per heavy atom. The third kappa shape index (κ3) is 3.95. The van der Waals surface area contributed by atoms with Crippen LogP contribution in [0, 0.1) is 0 Å². The minimum atomic E-state index is 0.156. The summed E-state index contributed by atoms with van der Waals surface area (Å²) in [7, 11) is 2.01. The molecule has 1 unspecified atom stereocenters. The molecule has 1 aromatic carbocycles. The van der Waals surface area contributed by atoms with E-state index in [0.29, 0.717) is 0 Å². The molecule has 0 saturated heterocycles. The van der Waals surface area contributed by atoms with Crippen molar-refractivity contribution in [2.75, 3.05) is 11.9 Å². The van der Waals surface area contributed by atoms with Gasteiger partial charge in [0, 0.05) is 30.9 Å². The van der Waals surface area contributed by atoms with Gasteiger partial charge in [-0.15, -0.1) is 0 Å². The van der Waals surface area contributed by atoms with Gasteiger partial charge >= 0.3 is 0 Å². The average molecular weight is 290 g/mol. The van der Waals surface area contributed by atoms with Gasteiger partial charge in [0.1, 0.15) is 5.82 Å². The largest absolute Gasteiger partial charge is 0.355 e. The molecular weight excluding hydrogens is 270 g/mol. The lowest BCUT2D eigenvalue weighted by atomic mass is 10.1. The molecule has 1 heterocycles. The van der Waals surface area contributed by atoms with Crippen molar-refractivity contribution >= 4 is 17.4 Å². The van der Waals surface area contributed by atoms with E-state index in [-0.39, 0.29) is 6.04 Å². The minimum absolute atomic E-state index is 0.156. The predicted octanol–water partition coefficient (Wildman–Crippen LogP) is 3.26. The van der Waals surface area contributed by atoms with Gasteiger partial charge in [0.05, 0.1) is 0 Å². The molecule has 0 fully saturated rings. The summed E-state index contributed by atoms with van der Waals surface area (Å²) in [5.41, 5.74) is 8.05. The highest BCUT2D eigenvalue weighted by molar-refractivity contribution is 6.31. The second kappa shape index (κ2) is 6.73. The lowest BCUT2D eigenvalue weighted by molar-refractivity contribution is 0.735. The Labute approximate surface area is 125 Å². The zero-order chi connectivity index (χ0) is 14.5. The van der Waals surface area contributed by atoms with Crippen molar-refractivity contribution in [1.82, 2.24) is 4.98 Å². The molecule has 1 aromatic heterocycles. The molecule has 0 saturated carbocycles. The topological polar surface area (TPSA) is 42.1 Å². The molecule has 0 radical (unpaired) electrons. The van der Waals surface area contributed by atoms with Crippen molar-refractivity contribution in [2.24, 2.45) is 5.73 Å². The molecule has 3 nitrogen and oxygen atoms in total. The SMILES string of the molecule is CC(N)Cc1ccc(N(C)Cc2ccccc2Cl)nc1. The Bertz CT molecular complexity index is 552. The van der Waals surface area contributed by atoms with Gasteiger partial charge in [-0.1, -0.05) is 35.9 Å². The average Bonchev–Trinajstić information content (AvgIpc) is 2.41. The van der Waals surface area contributed by atoms with Crippen LogP contribution in [0.1, 0.15) is 18.1 Å². The van der Waals surface area contributed by atoms with Crippen LogP contribution in [0.3, 0.4) is 0 Å². The number of halogens is 1. The number of hydrogen-bond acceptors (Lipinski definition) is 3. The van der Waals surface area contributed by atoms with Crippen LogP contribution in [0.5, 0.6) is 0 Å².